The summed E-state index contributed by atoms with van der Waals surface area (Å²) in [7, 11) is 0. The quantitative estimate of drug-likeness (QED) is 0.541. The maximum atomic E-state index is 12.4. The Kier molecular flexibility index (Phi) is 4.48. The summed E-state index contributed by atoms with van der Waals surface area (Å²) in [6.07, 6.45) is 5.91. The van der Waals surface area contributed by atoms with Gasteiger partial charge in [-0.25, -0.2) is 9.97 Å². The number of benzene rings is 1. The Morgan fingerprint density at radius 2 is 2.07 bits per heavy atom. The highest BCUT2D eigenvalue weighted by Crippen LogP contribution is 2.25. The summed E-state index contributed by atoms with van der Waals surface area (Å²) in [5, 5.41) is 12.2. The molecule has 5 rings (SSSR count). The first-order valence-electron chi connectivity index (χ1n) is 9.50. The molecule has 0 aliphatic carbocycles. The van der Waals surface area contributed by atoms with E-state index in [1.807, 2.05) is 24.3 Å². The number of carbonyl (C=O) groups is 1. The van der Waals surface area contributed by atoms with Gasteiger partial charge in [0.25, 0.3) is 0 Å². The highest BCUT2D eigenvalue weighted by atomic mass is 35.5. The number of rotatable bonds is 3. The molecule has 4 aromatic rings. The van der Waals surface area contributed by atoms with Gasteiger partial charge in [0.1, 0.15) is 6.04 Å². The van der Waals surface area contributed by atoms with Gasteiger partial charge in [-0.3, -0.25) is 9.78 Å². The van der Waals surface area contributed by atoms with Gasteiger partial charge in [-0.15, -0.1) is 5.10 Å². The molecule has 0 spiro atoms. The van der Waals surface area contributed by atoms with Gasteiger partial charge < -0.3 is 10.6 Å². The van der Waals surface area contributed by atoms with E-state index in [0.717, 1.165) is 30.2 Å². The van der Waals surface area contributed by atoms with Crippen LogP contribution in [-0.2, 0) is 4.79 Å². The van der Waals surface area contributed by atoms with E-state index in [2.05, 4.69) is 20.7 Å². The summed E-state index contributed by atoms with van der Waals surface area (Å²) < 4.78 is 1.65. The van der Waals surface area contributed by atoms with E-state index in [9.17, 15) is 4.79 Å². The Hall–Kier alpha value is -3.26. The lowest BCUT2D eigenvalue weighted by Crippen LogP contribution is -2.38. The predicted octanol–water partition coefficient (Wildman–Crippen LogP) is 3.07. The fraction of sp³-hybridized carbons (Fsp3) is 0.250. The summed E-state index contributed by atoms with van der Waals surface area (Å²) in [4.78, 5) is 26.0. The Labute approximate surface area is 171 Å². The smallest absolute Gasteiger partial charge is 0.242 e. The molecule has 1 aromatic carbocycles. The fourth-order valence-corrected chi connectivity index (χ4v) is 3.71. The van der Waals surface area contributed by atoms with Crippen molar-refractivity contribution < 1.29 is 4.79 Å². The highest BCUT2D eigenvalue weighted by molar-refractivity contribution is 6.30. The lowest BCUT2D eigenvalue weighted by atomic mass is 10.1. The molecule has 3 aromatic heterocycles. The van der Waals surface area contributed by atoms with Crippen LogP contribution in [0.1, 0.15) is 19.3 Å². The lowest BCUT2D eigenvalue weighted by molar-refractivity contribution is -0.121. The molecule has 0 radical (unpaired) electrons. The summed E-state index contributed by atoms with van der Waals surface area (Å²) >= 11 is 6.09. The van der Waals surface area contributed by atoms with E-state index in [1.54, 1.807) is 23.0 Å². The number of nitrogens with zero attached hydrogens (tertiary/aromatic N) is 5. The molecule has 0 saturated carbocycles. The van der Waals surface area contributed by atoms with E-state index in [1.165, 1.54) is 0 Å². The SMILES string of the molecule is O=C1NCCCC[C@H]1Nc1nc2ccccc2c2nc(-c3cncc(Cl)c3)nn12. The summed E-state index contributed by atoms with van der Waals surface area (Å²) in [6.45, 7) is 0.701. The van der Waals surface area contributed by atoms with Crippen LogP contribution in [0.15, 0.2) is 42.7 Å². The minimum absolute atomic E-state index is 0.0232. The van der Waals surface area contributed by atoms with E-state index in [0.29, 0.717) is 34.6 Å². The maximum Gasteiger partial charge on any atom is 0.242 e. The maximum absolute atomic E-state index is 12.4. The van der Waals surface area contributed by atoms with Gasteiger partial charge in [0.2, 0.25) is 11.9 Å². The zero-order chi connectivity index (χ0) is 19.8. The van der Waals surface area contributed by atoms with Gasteiger partial charge in [-0.05, 0) is 37.5 Å². The van der Waals surface area contributed by atoms with Gasteiger partial charge in [0.15, 0.2) is 11.5 Å². The Morgan fingerprint density at radius 1 is 1.17 bits per heavy atom. The van der Waals surface area contributed by atoms with Crippen LogP contribution in [0.4, 0.5) is 5.95 Å². The average Bonchev–Trinajstić information content (AvgIpc) is 3.09. The zero-order valence-electron chi connectivity index (χ0n) is 15.5. The number of para-hydroxylation sites is 1. The molecular formula is C20H18ClN7O. The first kappa shape index (κ1) is 17.8. The first-order chi connectivity index (χ1) is 14.2. The minimum Gasteiger partial charge on any atom is -0.354 e. The Morgan fingerprint density at radius 3 is 2.97 bits per heavy atom. The van der Waals surface area contributed by atoms with Gasteiger partial charge in [0.05, 0.1) is 10.5 Å². The van der Waals surface area contributed by atoms with E-state index >= 15 is 0 Å². The number of hydrogen-bond donors (Lipinski definition) is 2. The number of carbonyl (C=O) groups excluding carboxylic acids is 1. The van der Waals surface area contributed by atoms with Crippen molar-refractivity contribution in [3.63, 3.8) is 0 Å². The van der Waals surface area contributed by atoms with Crippen molar-refractivity contribution in [1.82, 2.24) is 29.9 Å². The van der Waals surface area contributed by atoms with Gasteiger partial charge in [-0.2, -0.15) is 4.52 Å². The first-order valence-corrected chi connectivity index (χ1v) is 9.87. The normalized spacial score (nSPS) is 17.3. The average molecular weight is 408 g/mol. The molecular weight excluding hydrogens is 390 g/mol. The molecule has 1 saturated heterocycles. The molecule has 4 heterocycles. The Bertz CT molecular complexity index is 1220. The van der Waals surface area contributed by atoms with Crippen molar-refractivity contribution >= 4 is 40.0 Å². The van der Waals surface area contributed by atoms with Crippen LogP contribution in [0.3, 0.4) is 0 Å². The van der Waals surface area contributed by atoms with Crippen molar-refractivity contribution in [1.29, 1.82) is 0 Å². The van der Waals surface area contributed by atoms with Crippen LogP contribution >= 0.6 is 11.6 Å². The van der Waals surface area contributed by atoms with Gasteiger partial charge >= 0.3 is 0 Å². The van der Waals surface area contributed by atoms with Crippen molar-refractivity contribution in [2.24, 2.45) is 0 Å². The largest absolute Gasteiger partial charge is 0.354 e. The van der Waals surface area contributed by atoms with Crippen LogP contribution in [0, 0.1) is 0 Å². The van der Waals surface area contributed by atoms with Gasteiger partial charge in [0, 0.05) is 29.9 Å². The number of fused-ring (bicyclic) bond motifs is 3. The van der Waals surface area contributed by atoms with E-state index in [4.69, 9.17) is 21.6 Å². The molecule has 29 heavy (non-hydrogen) atoms. The number of hydrogen-bond acceptors (Lipinski definition) is 6. The second-order valence-corrected chi connectivity index (χ2v) is 7.44. The van der Waals surface area contributed by atoms with Crippen molar-refractivity contribution in [2.75, 3.05) is 11.9 Å². The number of aromatic nitrogens is 5. The van der Waals surface area contributed by atoms with Crippen molar-refractivity contribution in [3.05, 3.63) is 47.7 Å². The molecule has 1 amide bonds. The predicted molar refractivity (Wildman–Crippen MR) is 111 cm³/mol. The van der Waals surface area contributed by atoms with E-state index < -0.39 is 0 Å². The van der Waals surface area contributed by atoms with Crippen LogP contribution in [0.5, 0.6) is 0 Å². The van der Waals surface area contributed by atoms with Crippen molar-refractivity contribution in [2.45, 2.75) is 25.3 Å². The van der Waals surface area contributed by atoms with Crippen LogP contribution in [0.2, 0.25) is 5.02 Å². The fourth-order valence-electron chi connectivity index (χ4n) is 3.54. The third kappa shape index (κ3) is 3.36. The van der Waals surface area contributed by atoms with Crippen LogP contribution in [-0.4, -0.2) is 43.1 Å². The molecule has 1 aliphatic heterocycles. The summed E-state index contributed by atoms with van der Waals surface area (Å²) in [6, 6.07) is 9.13. The number of anilines is 1. The number of amides is 1. The second kappa shape index (κ2) is 7.29. The third-order valence-corrected chi connectivity index (χ3v) is 5.19. The number of nitrogens with one attached hydrogen (secondary N) is 2. The summed E-state index contributed by atoms with van der Waals surface area (Å²) in [5.41, 5.74) is 2.14. The van der Waals surface area contributed by atoms with Crippen molar-refractivity contribution in [3.8, 4) is 11.4 Å². The third-order valence-electron chi connectivity index (χ3n) is 4.98. The molecule has 8 nitrogen and oxygen atoms in total. The molecule has 0 unspecified atom stereocenters. The Balaban J connectivity index is 1.66. The standard InChI is InChI=1S/C20H18ClN7O/c21-13-9-12(10-22-11-13)17-26-18-14-5-1-2-6-15(14)24-20(28(18)27-17)25-16-7-3-4-8-23-19(16)29/h1-2,5-6,9-11,16H,3-4,7-8H2,(H,23,29)(H,24,25)/t16-/m1/s1. The molecule has 146 valence electrons. The zero-order valence-corrected chi connectivity index (χ0v) is 16.2. The molecule has 9 heteroatoms. The molecule has 1 aliphatic rings. The molecule has 1 atom stereocenters. The highest BCUT2D eigenvalue weighted by Gasteiger charge is 2.23. The number of halogens is 1. The minimum atomic E-state index is -0.366. The van der Waals surface area contributed by atoms with Crippen LogP contribution < -0.4 is 10.6 Å². The molecule has 2 N–H and O–H groups in total. The summed E-state index contributed by atoms with van der Waals surface area (Å²) in [5.74, 6) is 0.950. The monoisotopic (exact) mass is 407 g/mol. The number of pyridine rings is 1. The molecule has 1 fully saturated rings. The van der Waals surface area contributed by atoms with E-state index in [-0.39, 0.29) is 11.9 Å². The second-order valence-electron chi connectivity index (χ2n) is 7.00. The van der Waals surface area contributed by atoms with Gasteiger partial charge in [-0.1, -0.05) is 23.7 Å². The topological polar surface area (TPSA) is 97.1 Å². The van der Waals surface area contributed by atoms with Crippen LogP contribution in [0.25, 0.3) is 27.9 Å². The molecule has 0 bridgehead atoms. The lowest BCUT2D eigenvalue weighted by Gasteiger charge is -2.16.